The van der Waals surface area contributed by atoms with E-state index in [1.165, 1.54) is 0 Å². The first-order valence-corrected chi connectivity index (χ1v) is 3.77. The third kappa shape index (κ3) is 1.70. The SMILES string of the molecule is CCOC(=O)C1CCN1OC. The first-order valence-electron chi connectivity index (χ1n) is 3.77. The Bertz CT molecular complexity index is 147. The molecule has 1 rings (SSSR count). The molecule has 0 aromatic rings. The Labute approximate surface area is 66.0 Å². The summed E-state index contributed by atoms with van der Waals surface area (Å²) in [4.78, 5) is 15.9. The number of ether oxygens (including phenoxy) is 1. The van der Waals surface area contributed by atoms with Crippen LogP contribution in [0.25, 0.3) is 0 Å². The fourth-order valence-electron chi connectivity index (χ4n) is 1.06. The van der Waals surface area contributed by atoms with E-state index in [-0.39, 0.29) is 12.0 Å². The van der Waals surface area contributed by atoms with Gasteiger partial charge in [-0.3, -0.25) is 4.79 Å². The van der Waals surface area contributed by atoms with E-state index in [4.69, 9.17) is 9.57 Å². The van der Waals surface area contributed by atoms with Gasteiger partial charge in [-0.2, -0.15) is 5.06 Å². The van der Waals surface area contributed by atoms with Crippen LogP contribution < -0.4 is 0 Å². The van der Waals surface area contributed by atoms with Crippen LogP contribution in [-0.4, -0.2) is 37.3 Å². The summed E-state index contributed by atoms with van der Waals surface area (Å²) in [6.45, 7) is 3.06. The highest BCUT2D eigenvalue weighted by Crippen LogP contribution is 2.17. The summed E-state index contributed by atoms with van der Waals surface area (Å²) in [6.07, 6.45) is 0.840. The minimum absolute atomic E-state index is 0.167. The molecule has 0 amide bonds. The van der Waals surface area contributed by atoms with Gasteiger partial charge >= 0.3 is 5.97 Å². The predicted octanol–water partition coefficient (Wildman–Crippen LogP) is 0.185. The predicted molar refractivity (Wildman–Crippen MR) is 38.8 cm³/mol. The van der Waals surface area contributed by atoms with Crippen LogP contribution in [0.1, 0.15) is 13.3 Å². The summed E-state index contributed by atoms with van der Waals surface area (Å²) in [5.74, 6) is -0.180. The number of carbonyl (C=O) groups is 1. The molecule has 0 radical (unpaired) electrons. The molecular weight excluding hydrogens is 146 g/mol. The molecule has 1 aliphatic rings. The molecule has 0 aliphatic carbocycles. The molecule has 1 fully saturated rings. The van der Waals surface area contributed by atoms with Gasteiger partial charge in [-0.1, -0.05) is 0 Å². The average molecular weight is 159 g/mol. The molecule has 0 spiro atoms. The van der Waals surface area contributed by atoms with Gasteiger partial charge in [0.05, 0.1) is 13.7 Å². The molecule has 1 unspecified atom stereocenters. The smallest absolute Gasteiger partial charge is 0.325 e. The number of hydrogen-bond donors (Lipinski definition) is 0. The van der Waals surface area contributed by atoms with Crippen molar-refractivity contribution in [3.05, 3.63) is 0 Å². The molecule has 4 nitrogen and oxygen atoms in total. The molecule has 0 saturated carbocycles. The van der Waals surface area contributed by atoms with E-state index in [1.54, 1.807) is 19.1 Å². The average Bonchev–Trinajstić information content (AvgIpc) is 1.86. The maximum absolute atomic E-state index is 11.1. The minimum Gasteiger partial charge on any atom is -0.465 e. The molecule has 1 aliphatic heterocycles. The van der Waals surface area contributed by atoms with Gasteiger partial charge in [0.1, 0.15) is 6.04 Å². The van der Waals surface area contributed by atoms with E-state index in [0.29, 0.717) is 6.61 Å². The summed E-state index contributed by atoms with van der Waals surface area (Å²) in [6, 6.07) is -0.167. The Morgan fingerprint density at radius 1 is 1.73 bits per heavy atom. The second-order valence-corrected chi connectivity index (χ2v) is 2.38. The first-order chi connectivity index (χ1) is 5.29. The zero-order chi connectivity index (χ0) is 8.27. The highest BCUT2D eigenvalue weighted by Gasteiger charge is 2.35. The fraction of sp³-hybridized carbons (Fsp3) is 0.857. The maximum atomic E-state index is 11.1. The van der Waals surface area contributed by atoms with E-state index in [9.17, 15) is 4.79 Å². The van der Waals surface area contributed by atoms with Crippen LogP contribution in [0.2, 0.25) is 0 Å². The number of hydrogen-bond acceptors (Lipinski definition) is 4. The lowest BCUT2D eigenvalue weighted by atomic mass is 10.1. The number of rotatable bonds is 3. The molecule has 1 atom stereocenters. The van der Waals surface area contributed by atoms with Crippen LogP contribution in [0, 0.1) is 0 Å². The van der Waals surface area contributed by atoms with E-state index in [0.717, 1.165) is 13.0 Å². The van der Waals surface area contributed by atoms with Gasteiger partial charge in [0.25, 0.3) is 0 Å². The van der Waals surface area contributed by atoms with Gasteiger partial charge < -0.3 is 9.57 Å². The van der Waals surface area contributed by atoms with Crippen molar-refractivity contribution in [3.63, 3.8) is 0 Å². The molecule has 1 heterocycles. The van der Waals surface area contributed by atoms with E-state index in [2.05, 4.69) is 0 Å². The second kappa shape index (κ2) is 3.69. The van der Waals surface area contributed by atoms with E-state index >= 15 is 0 Å². The molecule has 4 heteroatoms. The third-order valence-corrected chi connectivity index (χ3v) is 1.76. The van der Waals surface area contributed by atoms with Crippen molar-refractivity contribution in [2.24, 2.45) is 0 Å². The second-order valence-electron chi connectivity index (χ2n) is 2.38. The van der Waals surface area contributed by atoms with E-state index < -0.39 is 0 Å². The molecule has 0 bridgehead atoms. The van der Waals surface area contributed by atoms with Gasteiger partial charge in [0.2, 0.25) is 0 Å². The van der Waals surface area contributed by atoms with Gasteiger partial charge in [-0.25, -0.2) is 0 Å². The number of carbonyl (C=O) groups excluding carboxylic acids is 1. The molecule has 0 N–H and O–H groups in total. The Morgan fingerprint density at radius 3 is 2.82 bits per heavy atom. The maximum Gasteiger partial charge on any atom is 0.325 e. The Morgan fingerprint density at radius 2 is 2.45 bits per heavy atom. The van der Waals surface area contributed by atoms with Crippen LogP contribution in [-0.2, 0) is 14.4 Å². The van der Waals surface area contributed by atoms with Gasteiger partial charge in [0, 0.05) is 6.54 Å². The quantitative estimate of drug-likeness (QED) is 0.551. The van der Waals surface area contributed by atoms with Crippen molar-refractivity contribution >= 4 is 5.97 Å². The van der Waals surface area contributed by atoms with Gasteiger partial charge in [-0.15, -0.1) is 0 Å². The monoisotopic (exact) mass is 159 g/mol. The standard InChI is InChI=1S/C7H13NO3/c1-3-11-7(9)6-4-5-8(6)10-2/h6H,3-5H2,1-2H3. The van der Waals surface area contributed by atoms with E-state index in [1.807, 2.05) is 0 Å². The molecule has 64 valence electrons. The van der Waals surface area contributed by atoms with Crippen molar-refractivity contribution in [1.29, 1.82) is 0 Å². The normalized spacial score (nSPS) is 24.4. The van der Waals surface area contributed by atoms with Crippen LogP contribution in [0.4, 0.5) is 0 Å². The zero-order valence-electron chi connectivity index (χ0n) is 6.87. The number of nitrogens with zero attached hydrogens (tertiary/aromatic N) is 1. The summed E-state index contributed by atoms with van der Waals surface area (Å²) in [7, 11) is 1.56. The third-order valence-electron chi connectivity index (χ3n) is 1.76. The van der Waals surface area contributed by atoms with Crippen LogP contribution in [0.5, 0.6) is 0 Å². The Hall–Kier alpha value is -0.610. The minimum atomic E-state index is -0.180. The zero-order valence-corrected chi connectivity index (χ0v) is 6.87. The summed E-state index contributed by atoms with van der Waals surface area (Å²) >= 11 is 0. The van der Waals surface area contributed by atoms with Gasteiger partial charge in [0.15, 0.2) is 0 Å². The summed E-state index contributed by atoms with van der Waals surface area (Å²) < 4.78 is 4.82. The lowest BCUT2D eigenvalue weighted by molar-refractivity contribution is -0.221. The number of hydroxylamine groups is 2. The Balaban J connectivity index is 2.30. The highest BCUT2D eigenvalue weighted by molar-refractivity contribution is 5.76. The van der Waals surface area contributed by atoms with Crippen molar-refractivity contribution in [2.75, 3.05) is 20.3 Å². The van der Waals surface area contributed by atoms with Crippen LogP contribution in [0.15, 0.2) is 0 Å². The lowest BCUT2D eigenvalue weighted by Gasteiger charge is -2.36. The largest absolute Gasteiger partial charge is 0.465 e. The molecular formula is C7H13NO3. The van der Waals surface area contributed by atoms with Crippen LogP contribution in [0.3, 0.4) is 0 Å². The number of esters is 1. The molecule has 1 saturated heterocycles. The summed E-state index contributed by atoms with van der Waals surface area (Å²) in [5.41, 5.74) is 0. The Kier molecular flexibility index (Phi) is 2.84. The van der Waals surface area contributed by atoms with Crippen molar-refractivity contribution < 1.29 is 14.4 Å². The molecule has 0 aromatic heterocycles. The first kappa shape index (κ1) is 8.49. The lowest BCUT2D eigenvalue weighted by Crippen LogP contribution is -2.52. The van der Waals surface area contributed by atoms with Gasteiger partial charge in [-0.05, 0) is 13.3 Å². The topological polar surface area (TPSA) is 38.8 Å². The molecule has 11 heavy (non-hydrogen) atoms. The highest BCUT2D eigenvalue weighted by atomic mass is 16.7. The molecule has 0 aromatic carbocycles. The summed E-state index contributed by atoms with van der Waals surface area (Å²) in [5, 5.41) is 1.62. The van der Waals surface area contributed by atoms with Crippen molar-refractivity contribution in [3.8, 4) is 0 Å². The van der Waals surface area contributed by atoms with Crippen molar-refractivity contribution in [2.45, 2.75) is 19.4 Å². The van der Waals surface area contributed by atoms with Crippen LogP contribution >= 0.6 is 0 Å². The fourth-order valence-corrected chi connectivity index (χ4v) is 1.06. The van der Waals surface area contributed by atoms with Crippen molar-refractivity contribution in [1.82, 2.24) is 5.06 Å².